The average molecular weight is 412 g/mol. The Balaban J connectivity index is 1.92. The highest BCUT2D eigenvalue weighted by Crippen LogP contribution is 2.32. The molecule has 2 unspecified atom stereocenters. The largest absolute Gasteiger partial charge is 0.381 e. The Labute approximate surface area is 161 Å². The van der Waals surface area contributed by atoms with E-state index in [2.05, 4.69) is 0 Å². The second-order valence-electron chi connectivity index (χ2n) is 6.19. The fraction of sp³-hybridized carbons (Fsp3) is 0.278. The second kappa shape index (κ2) is 7.95. The molecule has 1 heterocycles. The van der Waals surface area contributed by atoms with Crippen LogP contribution in [0.5, 0.6) is 0 Å². The number of amides is 1. The number of rotatable bonds is 4. The van der Waals surface area contributed by atoms with E-state index in [-0.39, 0.29) is 24.5 Å². The Kier molecular flexibility index (Phi) is 5.83. The van der Waals surface area contributed by atoms with Gasteiger partial charge in [0.05, 0.1) is 22.7 Å². The third-order valence-corrected chi connectivity index (χ3v) is 7.19. The van der Waals surface area contributed by atoms with E-state index in [1.54, 1.807) is 24.3 Å². The highest BCUT2D eigenvalue weighted by molar-refractivity contribution is 7.92. The molecule has 2 aromatic rings. The van der Waals surface area contributed by atoms with Crippen LogP contribution in [0.2, 0.25) is 5.02 Å². The van der Waals surface area contributed by atoms with E-state index in [1.807, 2.05) is 12.1 Å². The number of sulfone groups is 1. The zero-order valence-corrected chi connectivity index (χ0v) is 15.7. The van der Waals surface area contributed by atoms with Crippen molar-refractivity contribution in [3.63, 3.8) is 0 Å². The van der Waals surface area contributed by atoms with E-state index >= 15 is 0 Å². The predicted octanol–water partition coefficient (Wildman–Crippen LogP) is 2.79. The quantitative estimate of drug-likeness (QED) is 0.592. The minimum Gasteiger partial charge on any atom is -0.381 e. The Morgan fingerprint density at radius 1 is 1.11 bits per heavy atom. The third kappa shape index (κ3) is 3.99. The first-order valence-electron chi connectivity index (χ1n) is 8.20. The zero-order chi connectivity index (χ0) is 19.6. The number of carbonyl (C=O) groups is 1. The van der Waals surface area contributed by atoms with Gasteiger partial charge >= 0.3 is 0 Å². The monoisotopic (exact) mass is 411 g/mol. The number of hydroxylamine groups is 2. The van der Waals surface area contributed by atoms with Gasteiger partial charge in [-0.25, -0.2) is 8.42 Å². The molecule has 9 heteroatoms. The van der Waals surface area contributed by atoms with Crippen molar-refractivity contribution < 1.29 is 28.4 Å². The van der Waals surface area contributed by atoms with E-state index < -0.39 is 32.1 Å². The summed E-state index contributed by atoms with van der Waals surface area (Å²) in [6.07, 6.45) is 0.0822. The Bertz CT molecular complexity index is 929. The van der Waals surface area contributed by atoms with E-state index in [0.717, 1.165) is 11.1 Å². The van der Waals surface area contributed by atoms with Crippen molar-refractivity contribution in [3.8, 4) is 11.1 Å². The van der Waals surface area contributed by atoms with E-state index in [4.69, 9.17) is 26.8 Å². The molecule has 0 bridgehead atoms. The molecule has 0 radical (unpaired) electrons. The molecule has 3 rings (SSSR count). The second-order valence-corrected chi connectivity index (χ2v) is 8.76. The Morgan fingerprint density at radius 3 is 2.41 bits per heavy atom. The van der Waals surface area contributed by atoms with Crippen molar-refractivity contribution >= 4 is 27.3 Å². The summed E-state index contributed by atoms with van der Waals surface area (Å²) in [6.45, 7) is -0.0275. The highest BCUT2D eigenvalue weighted by atomic mass is 35.5. The number of carbonyl (C=O) groups excluding carboxylic acids is 1. The van der Waals surface area contributed by atoms with Crippen LogP contribution in [0.25, 0.3) is 11.1 Å². The first kappa shape index (κ1) is 19.8. The van der Waals surface area contributed by atoms with E-state index in [1.165, 1.54) is 12.1 Å². The zero-order valence-electron chi connectivity index (χ0n) is 14.2. The molecule has 1 saturated heterocycles. The molecule has 0 aliphatic carbocycles. The molecule has 1 aliphatic heterocycles. The van der Waals surface area contributed by atoms with Crippen molar-refractivity contribution in [2.75, 3.05) is 13.2 Å². The standard InChI is InChI=1S/C18H18ClNO6S/c19-16-4-2-1-3-14(16)12-5-7-13(8-6-12)27(24,25)17-9-10-26-11-15(17)18(21)20(22)23/h1-8,15,17,22-23H,9-11H2. The average Bonchev–Trinajstić information content (AvgIpc) is 2.68. The molecule has 0 saturated carbocycles. The molecule has 1 aliphatic rings. The molecule has 1 fully saturated rings. The normalized spacial score (nSPS) is 20.3. The fourth-order valence-electron chi connectivity index (χ4n) is 3.16. The summed E-state index contributed by atoms with van der Waals surface area (Å²) in [4.78, 5) is 12.0. The summed E-state index contributed by atoms with van der Waals surface area (Å²) in [7, 11) is -3.88. The summed E-state index contributed by atoms with van der Waals surface area (Å²) in [5.41, 5.74) is 1.54. The lowest BCUT2D eigenvalue weighted by molar-refractivity contribution is -0.289. The molecular formula is C18H18ClNO6S. The van der Waals surface area contributed by atoms with Gasteiger partial charge < -0.3 is 4.74 Å². The van der Waals surface area contributed by atoms with Crippen LogP contribution in [0.15, 0.2) is 53.4 Å². The van der Waals surface area contributed by atoms with Crippen molar-refractivity contribution in [2.24, 2.45) is 5.92 Å². The number of halogens is 1. The Morgan fingerprint density at radius 2 is 1.78 bits per heavy atom. The predicted molar refractivity (Wildman–Crippen MR) is 97.2 cm³/mol. The topological polar surface area (TPSA) is 104 Å². The van der Waals surface area contributed by atoms with Gasteiger partial charge in [-0.3, -0.25) is 15.2 Å². The molecule has 7 nitrogen and oxygen atoms in total. The first-order valence-corrected chi connectivity index (χ1v) is 10.1. The van der Waals surface area contributed by atoms with Gasteiger partial charge in [0.1, 0.15) is 0 Å². The number of nitrogens with zero attached hydrogens (tertiary/aromatic N) is 1. The summed E-state index contributed by atoms with van der Waals surface area (Å²) in [6, 6.07) is 13.4. The molecule has 0 aromatic heterocycles. The maximum atomic E-state index is 13.0. The van der Waals surface area contributed by atoms with Crippen molar-refractivity contribution in [1.29, 1.82) is 0 Å². The van der Waals surface area contributed by atoms with Crippen LogP contribution in [0, 0.1) is 5.92 Å². The van der Waals surface area contributed by atoms with Gasteiger partial charge in [0.25, 0.3) is 5.91 Å². The molecule has 2 N–H and O–H groups in total. The van der Waals surface area contributed by atoms with Crippen molar-refractivity contribution in [2.45, 2.75) is 16.6 Å². The third-order valence-electron chi connectivity index (χ3n) is 4.57. The molecular weight excluding hydrogens is 394 g/mol. The van der Waals surface area contributed by atoms with Crippen LogP contribution >= 0.6 is 11.6 Å². The van der Waals surface area contributed by atoms with Crippen LogP contribution in [0.1, 0.15) is 6.42 Å². The summed E-state index contributed by atoms with van der Waals surface area (Å²) in [5.74, 6) is -2.31. The van der Waals surface area contributed by atoms with Crippen molar-refractivity contribution in [1.82, 2.24) is 5.23 Å². The minimum atomic E-state index is -3.88. The van der Waals surface area contributed by atoms with Crippen LogP contribution in [-0.4, -0.2) is 48.4 Å². The lowest BCUT2D eigenvalue weighted by Gasteiger charge is -2.30. The molecule has 144 valence electrons. The number of hydrogen-bond acceptors (Lipinski definition) is 6. The van der Waals surface area contributed by atoms with Crippen LogP contribution in [0.4, 0.5) is 0 Å². The van der Waals surface area contributed by atoms with Gasteiger partial charge in [0.2, 0.25) is 0 Å². The smallest absolute Gasteiger partial charge is 0.279 e. The SMILES string of the molecule is O=C(C1COCCC1S(=O)(=O)c1ccc(-c2ccccc2Cl)cc1)N(O)O. The first-order chi connectivity index (χ1) is 12.8. The molecule has 2 atom stereocenters. The van der Waals surface area contributed by atoms with Gasteiger partial charge in [-0.2, -0.15) is 0 Å². The van der Waals surface area contributed by atoms with E-state index in [9.17, 15) is 13.2 Å². The van der Waals surface area contributed by atoms with Crippen molar-refractivity contribution in [3.05, 3.63) is 53.6 Å². The van der Waals surface area contributed by atoms with Gasteiger partial charge in [0, 0.05) is 17.2 Å². The van der Waals surface area contributed by atoms with Crippen LogP contribution in [0.3, 0.4) is 0 Å². The molecule has 1 amide bonds. The van der Waals surface area contributed by atoms with Crippen LogP contribution in [-0.2, 0) is 19.4 Å². The lowest BCUT2D eigenvalue weighted by Crippen LogP contribution is -2.46. The molecule has 0 spiro atoms. The minimum absolute atomic E-state index is 0.0467. The number of ether oxygens (including phenoxy) is 1. The summed E-state index contributed by atoms with van der Waals surface area (Å²) >= 11 is 6.17. The maximum Gasteiger partial charge on any atom is 0.279 e. The highest BCUT2D eigenvalue weighted by Gasteiger charge is 2.42. The molecule has 27 heavy (non-hydrogen) atoms. The Hall–Kier alpha value is -1.97. The van der Waals surface area contributed by atoms with Gasteiger partial charge in [-0.1, -0.05) is 47.2 Å². The van der Waals surface area contributed by atoms with Gasteiger partial charge in [0.15, 0.2) is 9.84 Å². The summed E-state index contributed by atoms with van der Waals surface area (Å²) < 4.78 is 31.2. The van der Waals surface area contributed by atoms with Crippen LogP contribution < -0.4 is 0 Å². The lowest BCUT2D eigenvalue weighted by atomic mass is 10.0. The van der Waals surface area contributed by atoms with E-state index in [0.29, 0.717) is 5.02 Å². The molecule has 2 aromatic carbocycles. The number of hydrogen-bond donors (Lipinski definition) is 2. The fourth-order valence-corrected chi connectivity index (χ4v) is 5.31. The number of benzene rings is 2. The maximum absolute atomic E-state index is 13.0. The van der Waals surface area contributed by atoms with Gasteiger partial charge in [-0.15, -0.1) is 0 Å². The summed E-state index contributed by atoms with van der Waals surface area (Å²) in [5, 5.41) is 16.8. The van der Waals surface area contributed by atoms with Gasteiger partial charge in [-0.05, 0) is 30.2 Å².